The van der Waals surface area contributed by atoms with Crippen molar-refractivity contribution in [2.24, 2.45) is 0 Å². The van der Waals surface area contributed by atoms with E-state index in [4.69, 9.17) is 25.8 Å². The molecule has 0 radical (unpaired) electrons. The summed E-state index contributed by atoms with van der Waals surface area (Å²) in [5, 5.41) is 3.05. The molecule has 0 saturated carbocycles. The third-order valence-electron chi connectivity index (χ3n) is 3.12. The Morgan fingerprint density at radius 2 is 1.79 bits per heavy atom. The Balaban J connectivity index is 1.98. The average molecular weight is 350 g/mol. The van der Waals surface area contributed by atoms with E-state index in [0.29, 0.717) is 39.8 Å². The lowest BCUT2D eigenvalue weighted by Crippen LogP contribution is -2.20. The first kappa shape index (κ1) is 17.6. The van der Waals surface area contributed by atoms with Crippen LogP contribution in [0.2, 0.25) is 5.02 Å². The number of methoxy groups -OCH3 is 2. The van der Waals surface area contributed by atoms with Gasteiger partial charge in [-0.05, 0) is 36.4 Å². The van der Waals surface area contributed by atoms with E-state index in [2.05, 4.69) is 5.32 Å². The van der Waals surface area contributed by atoms with E-state index in [9.17, 15) is 9.59 Å². The minimum Gasteiger partial charge on any atom is -0.495 e. The third-order valence-corrected chi connectivity index (χ3v) is 3.41. The van der Waals surface area contributed by atoms with Gasteiger partial charge in [-0.15, -0.1) is 0 Å². The van der Waals surface area contributed by atoms with Gasteiger partial charge in [0.05, 0.1) is 19.2 Å². The lowest BCUT2D eigenvalue weighted by atomic mass is 10.2. The van der Waals surface area contributed by atoms with Gasteiger partial charge < -0.3 is 19.5 Å². The number of hydrogen-bond acceptors (Lipinski definition) is 5. The molecule has 0 bridgehead atoms. The summed E-state index contributed by atoms with van der Waals surface area (Å²) in [4.78, 5) is 22.7. The number of hydrogen-bond donors (Lipinski definition) is 1. The third kappa shape index (κ3) is 4.39. The average Bonchev–Trinajstić information content (AvgIpc) is 2.60. The van der Waals surface area contributed by atoms with Crippen LogP contribution in [0.3, 0.4) is 0 Å². The summed E-state index contributed by atoms with van der Waals surface area (Å²) >= 11 is 6.00. The maximum atomic E-state index is 12.0. The molecule has 2 aromatic rings. The Kier molecular flexibility index (Phi) is 6.03. The topological polar surface area (TPSA) is 73.9 Å². The van der Waals surface area contributed by atoms with Gasteiger partial charge >= 0.3 is 0 Å². The van der Waals surface area contributed by atoms with Crippen molar-refractivity contribution < 1.29 is 23.8 Å². The van der Waals surface area contributed by atoms with Gasteiger partial charge in [-0.25, -0.2) is 0 Å². The van der Waals surface area contributed by atoms with Crippen LogP contribution in [0.1, 0.15) is 10.4 Å². The fraction of sp³-hybridized carbons (Fsp3) is 0.176. The van der Waals surface area contributed by atoms with Crippen molar-refractivity contribution in [3.05, 3.63) is 47.0 Å². The Hall–Kier alpha value is -2.73. The number of carbonyl (C=O) groups is 2. The fourth-order valence-corrected chi connectivity index (χ4v) is 2.22. The first-order valence-electron chi connectivity index (χ1n) is 6.96. The summed E-state index contributed by atoms with van der Waals surface area (Å²) < 4.78 is 15.6. The zero-order valence-electron chi connectivity index (χ0n) is 13.2. The van der Waals surface area contributed by atoms with Crippen LogP contribution in [-0.2, 0) is 4.79 Å². The van der Waals surface area contributed by atoms with Gasteiger partial charge in [0.15, 0.2) is 18.1 Å². The molecule has 0 aliphatic carbocycles. The van der Waals surface area contributed by atoms with E-state index < -0.39 is 0 Å². The molecule has 2 aromatic carbocycles. The highest BCUT2D eigenvalue weighted by molar-refractivity contribution is 6.32. The fourth-order valence-electron chi connectivity index (χ4n) is 1.96. The van der Waals surface area contributed by atoms with Crippen LogP contribution < -0.4 is 19.5 Å². The lowest BCUT2D eigenvalue weighted by molar-refractivity contribution is -0.118. The quantitative estimate of drug-likeness (QED) is 0.777. The monoisotopic (exact) mass is 349 g/mol. The lowest BCUT2D eigenvalue weighted by Gasteiger charge is -2.11. The second kappa shape index (κ2) is 8.21. The molecule has 6 nitrogen and oxygen atoms in total. The van der Waals surface area contributed by atoms with Crippen molar-refractivity contribution in [2.75, 3.05) is 26.1 Å². The highest BCUT2D eigenvalue weighted by atomic mass is 35.5. The Morgan fingerprint density at radius 1 is 1.08 bits per heavy atom. The predicted molar refractivity (Wildman–Crippen MR) is 90.5 cm³/mol. The molecule has 7 heteroatoms. The standard InChI is InChI=1S/C17H16ClNO5/c1-22-14-6-4-12(8-13(14)18)19-17(21)10-24-15-5-3-11(9-20)7-16(15)23-2/h3-9H,10H2,1-2H3,(H,19,21). The number of anilines is 1. The first-order valence-corrected chi connectivity index (χ1v) is 7.34. The summed E-state index contributed by atoms with van der Waals surface area (Å²) in [6.07, 6.45) is 0.701. The molecule has 0 spiro atoms. The molecule has 0 aliphatic heterocycles. The van der Waals surface area contributed by atoms with E-state index >= 15 is 0 Å². The number of rotatable bonds is 7. The molecular weight excluding hydrogens is 334 g/mol. The predicted octanol–water partition coefficient (Wildman–Crippen LogP) is 3.19. The summed E-state index contributed by atoms with van der Waals surface area (Å²) in [5.74, 6) is 0.898. The Bertz CT molecular complexity index is 748. The van der Waals surface area contributed by atoms with Crippen molar-refractivity contribution in [1.29, 1.82) is 0 Å². The highest BCUT2D eigenvalue weighted by Gasteiger charge is 2.10. The second-order valence-electron chi connectivity index (χ2n) is 4.71. The number of benzene rings is 2. The second-order valence-corrected chi connectivity index (χ2v) is 5.12. The van der Waals surface area contributed by atoms with E-state index in [1.54, 1.807) is 30.3 Å². The molecular formula is C17H16ClNO5. The maximum absolute atomic E-state index is 12.0. The van der Waals surface area contributed by atoms with Crippen molar-refractivity contribution in [3.8, 4) is 17.2 Å². The minimum absolute atomic E-state index is 0.222. The zero-order valence-corrected chi connectivity index (χ0v) is 13.9. The number of amides is 1. The van der Waals surface area contributed by atoms with Gasteiger partial charge in [0.1, 0.15) is 12.0 Å². The van der Waals surface area contributed by atoms with Gasteiger partial charge in [-0.1, -0.05) is 11.6 Å². The summed E-state index contributed by atoms with van der Waals surface area (Å²) in [6.45, 7) is -0.222. The summed E-state index contributed by atoms with van der Waals surface area (Å²) in [6, 6.07) is 9.58. The first-order chi connectivity index (χ1) is 11.6. The number of ether oxygens (including phenoxy) is 3. The molecule has 0 atom stereocenters. The van der Waals surface area contributed by atoms with Crippen LogP contribution in [0.4, 0.5) is 5.69 Å². The van der Waals surface area contributed by atoms with Gasteiger partial charge in [0, 0.05) is 11.3 Å². The number of aldehydes is 1. The molecule has 1 amide bonds. The SMILES string of the molecule is COc1ccc(NC(=O)COc2ccc(C=O)cc2OC)cc1Cl. The number of carbonyl (C=O) groups excluding carboxylic acids is 2. The molecule has 24 heavy (non-hydrogen) atoms. The van der Waals surface area contributed by atoms with Crippen molar-refractivity contribution in [3.63, 3.8) is 0 Å². The van der Waals surface area contributed by atoms with Gasteiger partial charge in [0.25, 0.3) is 5.91 Å². The van der Waals surface area contributed by atoms with Crippen LogP contribution in [-0.4, -0.2) is 33.0 Å². The smallest absolute Gasteiger partial charge is 0.262 e. The summed E-state index contributed by atoms with van der Waals surface area (Å²) in [7, 11) is 2.97. The van der Waals surface area contributed by atoms with Crippen LogP contribution in [0, 0.1) is 0 Å². The molecule has 0 unspecified atom stereocenters. The van der Waals surface area contributed by atoms with Crippen molar-refractivity contribution >= 4 is 29.5 Å². The van der Waals surface area contributed by atoms with Crippen LogP contribution in [0.25, 0.3) is 0 Å². The summed E-state index contributed by atoms with van der Waals surface area (Å²) in [5.41, 5.74) is 0.981. The molecule has 2 rings (SSSR count). The zero-order chi connectivity index (χ0) is 17.5. The maximum Gasteiger partial charge on any atom is 0.262 e. The molecule has 0 fully saturated rings. The van der Waals surface area contributed by atoms with Crippen LogP contribution in [0.15, 0.2) is 36.4 Å². The number of nitrogens with one attached hydrogen (secondary N) is 1. The van der Waals surface area contributed by atoms with Crippen LogP contribution in [0.5, 0.6) is 17.2 Å². The molecule has 0 aliphatic rings. The van der Waals surface area contributed by atoms with Crippen LogP contribution >= 0.6 is 11.6 Å². The molecule has 126 valence electrons. The molecule has 1 N–H and O–H groups in total. The Labute approximate surface area is 144 Å². The Morgan fingerprint density at radius 3 is 2.42 bits per heavy atom. The van der Waals surface area contributed by atoms with Crippen molar-refractivity contribution in [1.82, 2.24) is 0 Å². The van der Waals surface area contributed by atoms with E-state index in [-0.39, 0.29) is 12.5 Å². The van der Waals surface area contributed by atoms with Gasteiger partial charge in [-0.3, -0.25) is 9.59 Å². The van der Waals surface area contributed by atoms with Gasteiger partial charge in [-0.2, -0.15) is 0 Å². The molecule has 0 heterocycles. The minimum atomic E-state index is -0.363. The van der Waals surface area contributed by atoms with E-state index in [1.807, 2.05) is 0 Å². The van der Waals surface area contributed by atoms with Crippen molar-refractivity contribution in [2.45, 2.75) is 0 Å². The van der Waals surface area contributed by atoms with E-state index in [1.165, 1.54) is 20.3 Å². The molecule has 0 aromatic heterocycles. The van der Waals surface area contributed by atoms with Gasteiger partial charge in [0.2, 0.25) is 0 Å². The molecule has 0 saturated heterocycles. The highest BCUT2D eigenvalue weighted by Crippen LogP contribution is 2.28. The van der Waals surface area contributed by atoms with E-state index in [0.717, 1.165) is 0 Å². The largest absolute Gasteiger partial charge is 0.495 e. The normalized spacial score (nSPS) is 9.96. The number of halogens is 1.